The summed E-state index contributed by atoms with van der Waals surface area (Å²) in [6, 6.07) is 0. The van der Waals surface area contributed by atoms with Gasteiger partial charge >= 0.3 is 0 Å². The molecule has 0 radical (unpaired) electrons. The van der Waals surface area contributed by atoms with Gasteiger partial charge in [0.15, 0.2) is 0 Å². The van der Waals surface area contributed by atoms with Gasteiger partial charge in [0, 0.05) is 0 Å². The maximum atomic E-state index is 8.41. The molecule has 0 aromatic rings. The van der Waals surface area contributed by atoms with E-state index in [9.17, 15) is 0 Å². The van der Waals surface area contributed by atoms with Crippen LogP contribution in [0, 0.1) is 0 Å². The molecule has 0 saturated heterocycles. The first kappa shape index (κ1) is 18.0. The fourth-order valence-corrected chi connectivity index (χ4v) is 2.10. The Morgan fingerprint density at radius 1 is 0.632 bits per heavy atom. The van der Waals surface area contributed by atoms with Gasteiger partial charge in [0.2, 0.25) is 0 Å². The van der Waals surface area contributed by atoms with E-state index in [4.69, 9.17) is 5.11 Å². The lowest BCUT2D eigenvalue weighted by molar-refractivity contribution is 0.474. The second-order valence-electron chi connectivity index (χ2n) is 5.13. The van der Waals surface area contributed by atoms with Crippen molar-refractivity contribution in [1.29, 1.82) is 0 Å². The lowest BCUT2D eigenvalue weighted by Gasteiger charge is -2.01. The van der Waals surface area contributed by atoms with Crippen LogP contribution in [0.5, 0.6) is 0 Å². The maximum absolute atomic E-state index is 8.41. The monoisotopic (exact) mass is 264 g/mol. The average molecular weight is 264 g/mol. The van der Waals surface area contributed by atoms with E-state index in [1.165, 1.54) is 70.6 Å². The Labute approximate surface area is 120 Å². The van der Waals surface area contributed by atoms with E-state index in [0.29, 0.717) is 0 Å². The van der Waals surface area contributed by atoms with Crippen molar-refractivity contribution in [2.75, 3.05) is 0 Å². The van der Waals surface area contributed by atoms with Gasteiger partial charge in [-0.3, -0.25) is 0 Å². The van der Waals surface area contributed by atoms with E-state index in [2.05, 4.69) is 13.0 Å². The Morgan fingerprint density at radius 3 is 1.74 bits per heavy atom. The SMILES string of the molecule is CCCCCCCCCCCC/C=C/C=CC=CO. The van der Waals surface area contributed by atoms with Crippen LogP contribution in [-0.2, 0) is 0 Å². The van der Waals surface area contributed by atoms with E-state index >= 15 is 0 Å². The van der Waals surface area contributed by atoms with Crippen molar-refractivity contribution in [2.45, 2.75) is 77.6 Å². The average Bonchev–Trinajstić information content (AvgIpc) is 2.43. The third-order valence-corrected chi connectivity index (χ3v) is 3.28. The van der Waals surface area contributed by atoms with E-state index in [-0.39, 0.29) is 0 Å². The molecule has 0 saturated carbocycles. The second kappa shape index (κ2) is 17.0. The van der Waals surface area contributed by atoms with Gasteiger partial charge in [0.05, 0.1) is 6.26 Å². The van der Waals surface area contributed by atoms with E-state index < -0.39 is 0 Å². The molecule has 0 fully saturated rings. The minimum atomic E-state index is 1.05. The highest BCUT2D eigenvalue weighted by Crippen LogP contribution is 2.11. The van der Waals surface area contributed by atoms with Crippen molar-refractivity contribution < 1.29 is 5.11 Å². The summed E-state index contributed by atoms with van der Waals surface area (Å²) in [6.45, 7) is 2.27. The summed E-state index contributed by atoms with van der Waals surface area (Å²) in [7, 11) is 0. The molecule has 0 aliphatic carbocycles. The van der Waals surface area contributed by atoms with Crippen LogP contribution in [0.25, 0.3) is 0 Å². The van der Waals surface area contributed by atoms with Crippen molar-refractivity contribution in [2.24, 2.45) is 0 Å². The molecule has 0 aromatic heterocycles. The number of unbranched alkanes of at least 4 members (excludes halogenated alkanes) is 10. The van der Waals surface area contributed by atoms with Crippen LogP contribution in [0.3, 0.4) is 0 Å². The molecule has 0 aromatic carbocycles. The van der Waals surface area contributed by atoms with Crippen molar-refractivity contribution in [1.82, 2.24) is 0 Å². The molecule has 0 spiro atoms. The summed E-state index contributed by atoms with van der Waals surface area (Å²) >= 11 is 0. The topological polar surface area (TPSA) is 20.2 Å². The van der Waals surface area contributed by atoms with E-state index in [1.807, 2.05) is 18.2 Å². The van der Waals surface area contributed by atoms with Crippen LogP contribution >= 0.6 is 0 Å². The summed E-state index contributed by atoms with van der Waals surface area (Å²) < 4.78 is 0. The van der Waals surface area contributed by atoms with Crippen LogP contribution in [-0.4, -0.2) is 5.11 Å². The molecule has 0 bridgehead atoms. The zero-order valence-corrected chi connectivity index (χ0v) is 12.7. The van der Waals surface area contributed by atoms with Crippen molar-refractivity contribution >= 4 is 0 Å². The fraction of sp³-hybridized carbons (Fsp3) is 0.667. The minimum absolute atomic E-state index is 1.05. The van der Waals surface area contributed by atoms with Gasteiger partial charge in [-0.25, -0.2) is 0 Å². The quantitative estimate of drug-likeness (QED) is 0.229. The largest absolute Gasteiger partial charge is 0.516 e. The van der Waals surface area contributed by atoms with Gasteiger partial charge in [-0.1, -0.05) is 89.0 Å². The fourth-order valence-electron chi connectivity index (χ4n) is 2.10. The van der Waals surface area contributed by atoms with Gasteiger partial charge in [-0.15, -0.1) is 0 Å². The van der Waals surface area contributed by atoms with Crippen molar-refractivity contribution in [3.05, 3.63) is 36.6 Å². The van der Waals surface area contributed by atoms with Crippen LogP contribution < -0.4 is 0 Å². The Morgan fingerprint density at radius 2 is 1.16 bits per heavy atom. The Bertz CT molecular complexity index is 238. The number of hydrogen-bond donors (Lipinski definition) is 1. The molecule has 0 heterocycles. The molecule has 1 nitrogen and oxygen atoms in total. The van der Waals surface area contributed by atoms with Gasteiger partial charge in [-0.05, 0) is 18.9 Å². The molecule has 0 atom stereocenters. The first-order chi connectivity index (χ1) is 9.41. The van der Waals surface area contributed by atoms with E-state index in [1.54, 1.807) is 6.08 Å². The molecule has 110 valence electrons. The second-order valence-corrected chi connectivity index (χ2v) is 5.13. The van der Waals surface area contributed by atoms with Crippen molar-refractivity contribution in [3.8, 4) is 0 Å². The predicted octanol–water partition coefficient (Wildman–Crippen LogP) is 6.48. The van der Waals surface area contributed by atoms with Gasteiger partial charge < -0.3 is 5.11 Å². The molecule has 1 heteroatoms. The molecule has 1 N–H and O–H groups in total. The Balaban J connectivity index is 3.10. The number of aliphatic hydroxyl groups excluding tert-OH is 1. The summed E-state index contributed by atoms with van der Waals surface area (Å²) in [5, 5.41) is 8.41. The standard InChI is InChI=1S/C18H32O/c1-2-3-4-5-6-7-8-9-10-11-12-13-14-15-16-17-18-19/h13-19H,2-12H2,1H3/b14-13+,16-15?,18-17?. The highest BCUT2D eigenvalue weighted by molar-refractivity contribution is 5.09. The summed E-state index contributed by atoms with van der Waals surface area (Å²) in [5.74, 6) is 0. The number of hydrogen-bond acceptors (Lipinski definition) is 1. The molecule has 0 unspecified atom stereocenters. The molecule has 0 amide bonds. The van der Waals surface area contributed by atoms with Crippen LogP contribution in [0.15, 0.2) is 36.6 Å². The molecular weight excluding hydrogens is 232 g/mol. The number of aliphatic hydroxyl groups is 1. The van der Waals surface area contributed by atoms with Gasteiger partial charge in [-0.2, -0.15) is 0 Å². The maximum Gasteiger partial charge on any atom is 0.0791 e. The highest BCUT2D eigenvalue weighted by atomic mass is 16.2. The summed E-state index contributed by atoms with van der Waals surface area (Å²) in [4.78, 5) is 0. The summed E-state index contributed by atoms with van der Waals surface area (Å²) in [5.41, 5.74) is 0. The predicted molar refractivity (Wildman–Crippen MR) is 86.5 cm³/mol. The zero-order chi connectivity index (χ0) is 14.0. The molecule has 0 aliphatic rings. The molecule has 0 rings (SSSR count). The van der Waals surface area contributed by atoms with Crippen molar-refractivity contribution in [3.63, 3.8) is 0 Å². The van der Waals surface area contributed by atoms with Gasteiger partial charge in [0.25, 0.3) is 0 Å². The first-order valence-electron chi connectivity index (χ1n) is 8.04. The van der Waals surface area contributed by atoms with Crippen LogP contribution in [0.2, 0.25) is 0 Å². The minimum Gasteiger partial charge on any atom is -0.516 e. The zero-order valence-electron chi connectivity index (χ0n) is 12.7. The van der Waals surface area contributed by atoms with Crippen LogP contribution in [0.4, 0.5) is 0 Å². The van der Waals surface area contributed by atoms with E-state index in [0.717, 1.165) is 6.26 Å². The third-order valence-electron chi connectivity index (χ3n) is 3.28. The first-order valence-corrected chi connectivity index (χ1v) is 8.04. The molecular formula is C18H32O. The van der Waals surface area contributed by atoms with Gasteiger partial charge in [0.1, 0.15) is 0 Å². The number of allylic oxidation sites excluding steroid dienone is 5. The lowest BCUT2D eigenvalue weighted by Crippen LogP contribution is -1.81. The molecule has 0 aliphatic heterocycles. The molecule has 19 heavy (non-hydrogen) atoms. The number of rotatable bonds is 13. The Kier molecular flexibility index (Phi) is 16.1. The Hall–Kier alpha value is -0.980. The third kappa shape index (κ3) is 17.0. The highest BCUT2D eigenvalue weighted by Gasteiger charge is 1.91. The normalized spacial score (nSPS) is 12.3. The lowest BCUT2D eigenvalue weighted by atomic mass is 10.1. The van der Waals surface area contributed by atoms with Crippen LogP contribution in [0.1, 0.15) is 77.6 Å². The summed E-state index contributed by atoms with van der Waals surface area (Å²) in [6.07, 6.45) is 25.8. The smallest absolute Gasteiger partial charge is 0.0791 e.